The molecule has 1 aromatic rings. The summed E-state index contributed by atoms with van der Waals surface area (Å²) in [7, 11) is 0. The van der Waals surface area contributed by atoms with Gasteiger partial charge in [-0.3, -0.25) is 0 Å². The van der Waals surface area contributed by atoms with Gasteiger partial charge in [-0.05, 0) is 43.4 Å². The zero-order valence-electron chi connectivity index (χ0n) is 11.1. The van der Waals surface area contributed by atoms with Gasteiger partial charge >= 0.3 is 6.03 Å². The lowest BCUT2D eigenvalue weighted by Gasteiger charge is -2.08. The molecule has 1 aliphatic carbocycles. The second kappa shape index (κ2) is 6.62. The Hall–Kier alpha value is -1.48. The zero-order valence-corrected chi connectivity index (χ0v) is 11.8. The van der Waals surface area contributed by atoms with E-state index in [4.69, 9.17) is 11.6 Å². The smallest absolute Gasteiger partial charge is 0.315 e. The first-order chi connectivity index (χ1) is 9.15. The van der Waals surface area contributed by atoms with Crippen LogP contribution in [0, 0.1) is 12.8 Å². The summed E-state index contributed by atoms with van der Waals surface area (Å²) in [6, 6.07) is 5.20. The fourth-order valence-electron chi connectivity index (χ4n) is 2.30. The molecule has 0 aliphatic heterocycles. The monoisotopic (exact) mass is 278 g/mol. The van der Waals surface area contributed by atoms with E-state index < -0.39 is 0 Å². The number of rotatable bonds is 3. The summed E-state index contributed by atoms with van der Waals surface area (Å²) in [5.74, 6) is 0.619. The van der Waals surface area contributed by atoms with Crippen molar-refractivity contribution in [3.05, 3.63) is 41.1 Å². The van der Waals surface area contributed by atoms with E-state index in [0.717, 1.165) is 11.3 Å². The molecule has 1 aromatic carbocycles. The normalized spacial score (nSPS) is 15.9. The van der Waals surface area contributed by atoms with Crippen LogP contribution < -0.4 is 10.6 Å². The standard InChI is InChI=1S/C15H19ClN2O/c1-11-6-7-13(16)10-14(11)18-15(19)17-9-8-12-4-2-3-5-12/h6-10,12H,2-5H2,1H3,(H2,17,18,19)/b9-8+. The third-order valence-corrected chi connectivity index (χ3v) is 3.67. The van der Waals surface area contributed by atoms with Gasteiger partial charge in [0.2, 0.25) is 0 Å². The fraction of sp³-hybridized carbons (Fsp3) is 0.400. The molecule has 1 aliphatic rings. The minimum Gasteiger partial charge on any atom is -0.315 e. The summed E-state index contributed by atoms with van der Waals surface area (Å²) in [4.78, 5) is 11.7. The first-order valence-corrected chi connectivity index (χ1v) is 7.03. The SMILES string of the molecule is Cc1ccc(Cl)cc1NC(=O)N/C=C/C1CCCC1. The van der Waals surface area contributed by atoms with Crippen molar-refractivity contribution in [2.24, 2.45) is 5.92 Å². The Kier molecular flexibility index (Phi) is 4.86. The molecule has 0 unspecified atom stereocenters. The topological polar surface area (TPSA) is 41.1 Å². The van der Waals surface area contributed by atoms with Crippen LogP contribution in [0.15, 0.2) is 30.5 Å². The molecule has 0 aromatic heterocycles. The average Bonchev–Trinajstić information content (AvgIpc) is 2.87. The predicted octanol–water partition coefficient (Wildman–Crippen LogP) is 4.47. The number of hydrogen-bond acceptors (Lipinski definition) is 1. The number of aryl methyl sites for hydroxylation is 1. The number of hydrogen-bond donors (Lipinski definition) is 2. The van der Waals surface area contributed by atoms with Gasteiger partial charge in [0.05, 0.1) is 0 Å². The molecule has 2 rings (SSSR count). The Bertz CT molecular complexity index is 479. The van der Waals surface area contributed by atoms with Gasteiger partial charge in [-0.15, -0.1) is 0 Å². The van der Waals surface area contributed by atoms with Crippen molar-refractivity contribution in [3.63, 3.8) is 0 Å². The van der Waals surface area contributed by atoms with Crippen LogP contribution in [-0.4, -0.2) is 6.03 Å². The van der Waals surface area contributed by atoms with E-state index in [1.807, 2.05) is 13.0 Å². The molecule has 0 radical (unpaired) electrons. The molecule has 19 heavy (non-hydrogen) atoms. The summed E-state index contributed by atoms with van der Waals surface area (Å²) in [6.45, 7) is 1.93. The first kappa shape index (κ1) is 13.9. The molecular weight excluding hydrogens is 260 g/mol. The first-order valence-electron chi connectivity index (χ1n) is 6.65. The summed E-state index contributed by atoms with van der Waals surface area (Å²) >= 11 is 5.91. The molecule has 102 valence electrons. The Morgan fingerprint density at radius 2 is 2.11 bits per heavy atom. The van der Waals surface area contributed by atoms with Gasteiger partial charge in [0.25, 0.3) is 0 Å². The highest BCUT2D eigenvalue weighted by atomic mass is 35.5. The molecule has 0 atom stereocenters. The summed E-state index contributed by atoms with van der Waals surface area (Å²) in [5, 5.41) is 6.14. The lowest BCUT2D eigenvalue weighted by atomic mass is 10.1. The molecule has 4 heteroatoms. The highest BCUT2D eigenvalue weighted by molar-refractivity contribution is 6.31. The minimum atomic E-state index is -0.236. The number of carbonyl (C=O) groups excluding carboxylic acids is 1. The van der Waals surface area contributed by atoms with Crippen molar-refractivity contribution < 1.29 is 4.79 Å². The van der Waals surface area contributed by atoms with Gasteiger partial charge in [0.15, 0.2) is 0 Å². The van der Waals surface area contributed by atoms with Gasteiger partial charge in [-0.1, -0.05) is 36.6 Å². The van der Waals surface area contributed by atoms with Gasteiger partial charge in [0.1, 0.15) is 0 Å². The van der Waals surface area contributed by atoms with Crippen LogP contribution in [0.4, 0.5) is 10.5 Å². The summed E-state index contributed by atoms with van der Waals surface area (Å²) in [6.07, 6.45) is 8.87. The van der Waals surface area contributed by atoms with E-state index in [1.165, 1.54) is 25.7 Å². The van der Waals surface area contributed by atoms with Crippen molar-refractivity contribution in [1.29, 1.82) is 0 Å². The molecular formula is C15H19ClN2O. The Balaban J connectivity index is 1.85. The Morgan fingerprint density at radius 1 is 1.37 bits per heavy atom. The van der Waals surface area contributed by atoms with Crippen molar-refractivity contribution in [3.8, 4) is 0 Å². The number of nitrogens with one attached hydrogen (secondary N) is 2. The molecule has 0 saturated heterocycles. The number of urea groups is 1. The van der Waals surface area contributed by atoms with Crippen LogP contribution >= 0.6 is 11.6 Å². The largest absolute Gasteiger partial charge is 0.323 e. The Labute approximate surface area is 119 Å². The van der Waals surface area contributed by atoms with Gasteiger partial charge in [-0.25, -0.2) is 4.79 Å². The van der Waals surface area contributed by atoms with Crippen LogP contribution in [0.5, 0.6) is 0 Å². The minimum absolute atomic E-state index is 0.236. The summed E-state index contributed by atoms with van der Waals surface area (Å²) < 4.78 is 0. The van der Waals surface area contributed by atoms with E-state index in [9.17, 15) is 4.79 Å². The van der Waals surface area contributed by atoms with E-state index >= 15 is 0 Å². The van der Waals surface area contributed by atoms with E-state index in [-0.39, 0.29) is 6.03 Å². The van der Waals surface area contributed by atoms with E-state index in [0.29, 0.717) is 10.9 Å². The molecule has 0 spiro atoms. The number of benzene rings is 1. The van der Waals surface area contributed by atoms with E-state index in [1.54, 1.807) is 18.3 Å². The molecule has 0 heterocycles. The maximum absolute atomic E-state index is 11.7. The van der Waals surface area contributed by atoms with Crippen molar-refractivity contribution >= 4 is 23.3 Å². The van der Waals surface area contributed by atoms with Gasteiger partial charge in [0, 0.05) is 16.9 Å². The van der Waals surface area contributed by atoms with Crippen LogP contribution in [0.1, 0.15) is 31.2 Å². The zero-order chi connectivity index (χ0) is 13.7. The number of halogens is 1. The van der Waals surface area contributed by atoms with Crippen LogP contribution in [0.25, 0.3) is 0 Å². The summed E-state index contributed by atoms with van der Waals surface area (Å²) in [5.41, 5.74) is 1.72. The molecule has 0 bridgehead atoms. The number of allylic oxidation sites excluding steroid dienone is 1. The highest BCUT2D eigenvalue weighted by Gasteiger charge is 2.11. The molecule has 1 fully saturated rings. The van der Waals surface area contributed by atoms with Gasteiger partial charge < -0.3 is 10.6 Å². The number of amides is 2. The maximum Gasteiger partial charge on any atom is 0.323 e. The van der Waals surface area contributed by atoms with Crippen LogP contribution in [0.3, 0.4) is 0 Å². The lowest BCUT2D eigenvalue weighted by Crippen LogP contribution is -2.24. The fourth-order valence-corrected chi connectivity index (χ4v) is 2.47. The molecule has 2 amide bonds. The maximum atomic E-state index is 11.7. The second-order valence-corrected chi connectivity index (χ2v) is 5.40. The quantitative estimate of drug-likeness (QED) is 0.841. The predicted molar refractivity (Wildman–Crippen MR) is 79.4 cm³/mol. The molecule has 3 nitrogen and oxygen atoms in total. The number of anilines is 1. The lowest BCUT2D eigenvalue weighted by molar-refractivity contribution is 0.255. The molecule has 2 N–H and O–H groups in total. The van der Waals surface area contributed by atoms with Crippen LogP contribution in [-0.2, 0) is 0 Å². The third kappa shape index (κ3) is 4.28. The van der Waals surface area contributed by atoms with Gasteiger partial charge in [-0.2, -0.15) is 0 Å². The van der Waals surface area contributed by atoms with Crippen molar-refractivity contribution in [2.75, 3.05) is 5.32 Å². The average molecular weight is 279 g/mol. The molecule has 1 saturated carbocycles. The highest BCUT2D eigenvalue weighted by Crippen LogP contribution is 2.25. The van der Waals surface area contributed by atoms with E-state index in [2.05, 4.69) is 16.7 Å². The van der Waals surface area contributed by atoms with Crippen LogP contribution in [0.2, 0.25) is 5.02 Å². The number of carbonyl (C=O) groups is 1. The third-order valence-electron chi connectivity index (χ3n) is 3.43. The second-order valence-electron chi connectivity index (χ2n) is 4.96. The van der Waals surface area contributed by atoms with Crippen molar-refractivity contribution in [2.45, 2.75) is 32.6 Å². The van der Waals surface area contributed by atoms with Crippen molar-refractivity contribution in [1.82, 2.24) is 5.32 Å². The Morgan fingerprint density at radius 3 is 2.84 bits per heavy atom.